The lowest BCUT2D eigenvalue weighted by Crippen LogP contribution is -2.38. The fraction of sp³-hybridized carbons (Fsp3) is 0.300. The van der Waals surface area contributed by atoms with Crippen molar-refractivity contribution in [3.63, 3.8) is 0 Å². The second kappa shape index (κ2) is 9.85. The molecule has 2 rings (SSSR count). The molecule has 28 heavy (non-hydrogen) atoms. The summed E-state index contributed by atoms with van der Waals surface area (Å²) in [5.74, 6) is 0.692. The van der Waals surface area contributed by atoms with Gasteiger partial charge in [0, 0.05) is 0 Å². The molecule has 0 radical (unpaired) electrons. The normalized spacial score (nSPS) is 11.3. The predicted molar refractivity (Wildman–Crippen MR) is 106 cm³/mol. The maximum atomic E-state index is 12.2. The molecule has 0 heterocycles. The molecule has 8 heteroatoms. The van der Waals surface area contributed by atoms with E-state index in [0.717, 1.165) is 5.56 Å². The molecule has 2 aromatic rings. The first-order valence-electron chi connectivity index (χ1n) is 8.53. The summed E-state index contributed by atoms with van der Waals surface area (Å²) in [4.78, 5) is 24.4. The molecule has 0 spiro atoms. The minimum atomic E-state index is -0.416. The Morgan fingerprint density at radius 1 is 1.04 bits per heavy atom. The van der Waals surface area contributed by atoms with Gasteiger partial charge in [-0.15, -0.1) is 0 Å². The number of hydrogen-bond donors (Lipinski definition) is 2. The first-order chi connectivity index (χ1) is 13.4. The van der Waals surface area contributed by atoms with Crippen molar-refractivity contribution in [1.29, 1.82) is 0 Å². The number of carbonyl (C=O) groups is 2. The number of amides is 2. The highest BCUT2D eigenvalue weighted by atomic mass is 35.5. The Labute approximate surface area is 168 Å². The molecular weight excluding hydrogens is 384 g/mol. The van der Waals surface area contributed by atoms with Crippen LogP contribution in [0.25, 0.3) is 0 Å². The molecule has 0 saturated carbocycles. The fourth-order valence-corrected chi connectivity index (χ4v) is 2.85. The van der Waals surface area contributed by atoms with E-state index in [1.165, 1.54) is 21.3 Å². The van der Waals surface area contributed by atoms with Crippen molar-refractivity contribution in [1.82, 2.24) is 10.6 Å². The number of carbonyl (C=O) groups excluding carboxylic acids is 2. The highest BCUT2D eigenvalue weighted by Gasteiger charge is 2.18. The predicted octanol–water partition coefficient (Wildman–Crippen LogP) is 2.97. The van der Waals surface area contributed by atoms with Gasteiger partial charge >= 0.3 is 0 Å². The van der Waals surface area contributed by atoms with Crippen LogP contribution in [-0.2, 0) is 4.79 Å². The number of methoxy groups -OCH3 is 3. The third-order valence-electron chi connectivity index (χ3n) is 4.09. The Balaban J connectivity index is 2.02. The summed E-state index contributed by atoms with van der Waals surface area (Å²) in [6, 6.07) is 9.80. The zero-order valence-corrected chi connectivity index (χ0v) is 16.9. The van der Waals surface area contributed by atoms with Gasteiger partial charge in [-0.3, -0.25) is 9.59 Å². The van der Waals surface area contributed by atoms with Crippen LogP contribution in [0.1, 0.15) is 28.9 Å². The number of hydrogen-bond acceptors (Lipinski definition) is 5. The number of ether oxygens (including phenoxy) is 3. The van der Waals surface area contributed by atoms with Crippen molar-refractivity contribution >= 4 is 23.4 Å². The second-order valence-electron chi connectivity index (χ2n) is 5.91. The van der Waals surface area contributed by atoms with E-state index in [1.54, 1.807) is 36.4 Å². The smallest absolute Gasteiger partial charge is 0.253 e. The first-order valence-corrected chi connectivity index (χ1v) is 8.91. The molecule has 1 atom stereocenters. The number of halogens is 1. The Hall–Kier alpha value is -2.93. The van der Waals surface area contributed by atoms with Crippen LogP contribution in [0.5, 0.6) is 17.2 Å². The first kappa shape index (κ1) is 21.4. The lowest BCUT2D eigenvalue weighted by atomic mass is 10.1. The largest absolute Gasteiger partial charge is 0.493 e. The molecule has 0 aliphatic rings. The lowest BCUT2D eigenvalue weighted by Gasteiger charge is -2.19. The van der Waals surface area contributed by atoms with Crippen molar-refractivity contribution in [2.24, 2.45) is 0 Å². The molecule has 2 N–H and O–H groups in total. The van der Waals surface area contributed by atoms with Crippen LogP contribution in [-0.4, -0.2) is 39.7 Å². The Kier molecular flexibility index (Phi) is 7.52. The zero-order valence-electron chi connectivity index (χ0n) is 16.2. The summed E-state index contributed by atoms with van der Waals surface area (Å²) in [6.45, 7) is 1.63. The van der Waals surface area contributed by atoms with Gasteiger partial charge in [-0.25, -0.2) is 0 Å². The van der Waals surface area contributed by atoms with E-state index in [0.29, 0.717) is 27.8 Å². The molecule has 0 aliphatic carbocycles. The molecular formula is C20H23ClN2O5. The van der Waals surface area contributed by atoms with E-state index in [2.05, 4.69) is 10.6 Å². The van der Waals surface area contributed by atoms with Crippen molar-refractivity contribution < 1.29 is 23.8 Å². The van der Waals surface area contributed by atoms with Crippen LogP contribution < -0.4 is 24.8 Å². The van der Waals surface area contributed by atoms with Gasteiger partial charge in [0.05, 0.1) is 44.5 Å². The van der Waals surface area contributed by atoms with Crippen LogP contribution in [0.2, 0.25) is 5.02 Å². The topological polar surface area (TPSA) is 85.9 Å². The monoisotopic (exact) mass is 406 g/mol. The van der Waals surface area contributed by atoms with E-state index in [9.17, 15) is 9.59 Å². The quantitative estimate of drug-likeness (QED) is 0.703. The third kappa shape index (κ3) is 5.07. The molecule has 2 amide bonds. The van der Waals surface area contributed by atoms with Crippen molar-refractivity contribution in [3.05, 3.63) is 52.5 Å². The van der Waals surface area contributed by atoms with Gasteiger partial charge in [0.25, 0.3) is 5.91 Å². The van der Waals surface area contributed by atoms with E-state index >= 15 is 0 Å². The van der Waals surface area contributed by atoms with E-state index in [1.807, 2.05) is 6.92 Å². The highest BCUT2D eigenvalue weighted by Crippen LogP contribution is 2.39. The van der Waals surface area contributed by atoms with Gasteiger partial charge in [-0.2, -0.15) is 0 Å². The summed E-state index contributed by atoms with van der Waals surface area (Å²) in [6.07, 6.45) is 0. The molecule has 1 unspecified atom stereocenters. The van der Waals surface area contributed by atoms with Crippen molar-refractivity contribution in [2.75, 3.05) is 27.9 Å². The maximum Gasteiger partial charge on any atom is 0.253 e. The van der Waals surface area contributed by atoms with Crippen LogP contribution in [0.4, 0.5) is 0 Å². The number of benzene rings is 2. The molecule has 7 nitrogen and oxygen atoms in total. The lowest BCUT2D eigenvalue weighted by molar-refractivity contribution is -0.120. The Bertz CT molecular complexity index is 831. The average Bonchev–Trinajstić information content (AvgIpc) is 2.70. The summed E-state index contributed by atoms with van der Waals surface area (Å²) >= 11 is 5.99. The van der Waals surface area contributed by atoms with Crippen LogP contribution in [0.15, 0.2) is 36.4 Å². The van der Waals surface area contributed by atoms with E-state index in [-0.39, 0.29) is 18.5 Å². The molecule has 0 bridgehead atoms. The summed E-state index contributed by atoms with van der Waals surface area (Å²) in [7, 11) is 4.57. The van der Waals surface area contributed by atoms with E-state index in [4.69, 9.17) is 25.8 Å². The number of rotatable bonds is 8. The molecule has 0 aliphatic heterocycles. The minimum Gasteiger partial charge on any atom is -0.493 e. The molecule has 0 aromatic heterocycles. The van der Waals surface area contributed by atoms with Gasteiger partial charge < -0.3 is 24.8 Å². The summed E-state index contributed by atoms with van der Waals surface area (Å²) < 4.78 is 15.9. The van der Waals surface area contributed by atoms with Gasteiger partial charge in [-0.05, 0) is 36.8 Å². The highest BCUT2D eigenvalue weighted by molar-refractivity contribution is 6.33. The molecule has 2 aromatic carbocycles. The van der Waals surface area contributed by atoms with Crippen LogP contribution in [0.3, 0.4) is 0 Å². The van der Waals surface area contributed by atoms with Crippen molar-refractivity contribution in [3.8, 4) is 17.2 Å². The van der Waals surface area contributed by atoms with Gasteiger partial charge in [0.2, 0.25) is 11.7 Å². The average molecular weight is 407 g/mol. The molecule has 150 valence electrons. The van der Waals surface area contributed by atoms with Crippen LogP contribution in [0, 0.1) is 0 Å². The molecule has 0 fully saturated rings. The van der Waals surface area contributed by atoms with Gasteiger partial charge in [0.1, 0.15) is 0 Å². The second-order valence-corrected chi connectivity index (χ2v) is 6.32. The maximum absolute atomic E-state index is 12.2. The third-order valence-corrected chi connectivity index (χ3v) is 4.42. The Morgan fingerprint density at radius 2 is 1.64 bits per heavy atom. The van der Waals surface area contributed by atoms with E-state index < -0.39 is 5.91 Å². The SMILES string of the molecule is COc1cc(C(C)NC(=O)CNC(=O)c2ccccc2Cl)cc(OC)c1OC. The number of nitrogens with one attached hydrogen (secondary N) is 2. The molecule has 0 saturated heterocycles. The summed E-state index contributed by atoms with van der Waals surface area (Å²) in [5, 5.41) is 5.70. The zero-order chi connectivity index (χ0) is 20.7. The van der Waals surface area contributed by atoms with Crippen LogP contribution >= 0.6 is 11.6 Å². The van der Waals surface area contributed by atoms with Crippen molar-refractivity contribution in [2.45, 2.75) is 13.0 Å². The standard InChI is InChI=1S/C20H23ClN2O5/c1-12(13-9-16(26-2)19(28-4)17(10-13)27-3)23-18(24)11-22-20(25)14-7-5-6-8-15(14)21/h5-10,12H,11H2,1-4H3,(H,22,25)(H,23,24). The summed E-state index contributed by atoms with van der Waals surface area (Å²) in [5.41, 5.74) is 1.08. The minimum absolute atomic E-state index is 0.182. The fourth-order valence-electron chi connectivity index (χ4n) is 2.63. The van der Waals surface area contributed by atoms with Gasteiger partial charge in [-0.1, -0.05) is 23.7 Å². The van der Waals surface area contributed by atoms with Gasteiger partial charge in [0.15, 0.2) is 11.5 Å². The Morgan fingerprint density at radius 3 is 2.18 bits per heavy atom.